The van der Waals surface area contributed by atoms with Crippen LogP contribution in [0.5, 0.6) is 0 Å². The lowest BCUT2D eigenvalue weighted by Crippen LogP contribution is -2.50. The van der Waals surface area contributed by atoms with E-state index in [1.54, 1.807) is 24.5 Å². The lowest BCUT2D eigenvalue weighted by Gasteiger charge is -2.39. The normalized spacial score (nSPS) is 19.2. The number of nitrogens with zero attached hydrogens (tertiary/aromatic N) is 5. The van der Waals surface area contributed by atoms with E-state index in [-0.39, 0.29) is 13.4 Å². The Labute approximate surface area is 213 Å². The topological polar surface area (TPSA) is 73.8 Å². The number of morpholine rings is 1. The molecule has 0 spiro atoms. The average Bonchev–Trinajstić information content (AvgIpc) is 2.90. The minimum Gasteiger partial charge on any atom is -0.378 e. The highest BCUT2D eigenvalue weighted by atomic mass is 19.1. The molecule has 3 heterocycles. The van der Waals surface area contributed by atoms with E-state index in [2.05, 4.69) is 52.2 Å². The van der Waals surface area contributed by atoms with Gasteiger partial charge in [0.25, 0.3) is 5.91 Å². The van der Waals surface area contributed by atoms with E-state index in [0.717, 1.165) is 13.1 Å². The van der Waals surface area contributed by atoms with Crippen LogP contribution in [0.4, 0.5) is 21.7 Å². The molecule has 0 radical (unpaired) electrons. The molecule has 2 aliphatic rings. The number of benzene rings is 1. The predicted molar refractivity (Wildman–Crippen MR) is 144 cm³/mol. The van der Waals surface area contributed by atoms with Crippen molar-refractivity contribution < 1.29 is 15.3 Å². The minimum absolute atomic E-state index is 0. The molecule has 1 aromatic carbocycles. The second-order valence-electron chi connectivity index (χ2n) is 9.01. The smallest absolute Gasteiger partial charge is 0.255 e. The number of hydrogen-bond acceptors (Lipinski definition) is 7. The number of likely N-dealkylation sites (N-methyl/N-ethyl adjacent to an activating group) is 1. The monoisotopic (exact) mass is 494 g/mol. The maximum absolute atomic E-state index is 15.5. The molecule has 1 aromatic heterocycles. The Kier molecular flexibility index (Phi) is 8.12. The standard InChI is InChI=1S/C27H33FN6O2.H2/c1-5-7-20(6-2)26(35)31-24-14-22(21-16-29-27(30-17-21)33-10-12-36-13-11-33)23(28)15-25(24)34-9-8-32(4)19(3)18-34;/h5-7,14-17,19H,1-2,8-13,18H2,3-4H3,(H,31,35);1H/b20-7+;/t19-;/m0./s1. The summed E-state index contributed by atoms with van der Waals surface area (Å²) in [6, 6.07) is 3.44. The molecule has 2 aliphatic heterocycles. The highest BCUT2D eigenvalue weighted by molar-refractivity contribution is 6.07. The van der Waals surface area contributed by atoms with Gasteiger partial charge in [-0.25, -0.2) is 14.4 Å². The number of rotatable bonds is 7. The first-order chi connectivity index (χ1) is 17.4. The molecule has 9 heteroatoms. The molecule has 1 amide bonds. The van der Waals surface area contributed by atoms with E-state index >= 15 is 4.39 Å². The highest BCUT2D eigenvalue weighted by Gasteiger charge is 2.25. The van der Waals surface area contributed by atoms with Crippen molar-refractivity contribution >= 4 is 23.2 Å². The summed E-state index contributed by atoms with van der Waals surface area (Å²) in [4.78, 5) is 28.3. The number of aromatic nitrogens is 2. The molecule has 2 fully saturated rings. The van der Waals surface area contributed by atoms with Crippen LogP contribution < -0.4 is 15.1 Å². The van der Waals surface area contributed by atoms with Crippen molar-refractivity contribution in [2.45, 2.75) is 13.0 Å². The van der Waals surface area contributed by atoms with E-state index in [1.165, 1.54) is 18.2 Å². The van der Waals surface area contributed by atoms with Gasteiger partial charge in [0.2, 0.25) is 5.95 Å². The molecule has 0 aliphatic carbocycles. The zero-order valence-electron chi connectivity index (χ0n) is 20.9. The fraction of sp³-hybridized carbons (Fsp3) is 0.370. The molecule has 2 saturated heterocycles. The summed E-state index contributed by atoms with van der Waals surface area (Å²) in [5, 5.41) is 2.96. The first-order valence-electron chi connectivity index (χ1n) is 12.1. The number of nitrogens with one attached hydrogen (secondary N) is 1. The van der Waals surface area contributed by atoms with Gasteiger partial charge in [-0.05, 0) is 26.1 Å². The Morgan fingerprint density at radius 3 is 2.53 bits per heavy atom. The fourth-order valence-corrected chi connectivity index (χ4v) is 4.36. The van der Waals surface area contributed by atoms with Crippen LogP contribution in [0.2, 0.25) is 0 Å². The molecular weight excluding hydrogens is 459 g/mol. The molecule has 36 heavy (non-hydrogen) atoms. The van der Waals surface area contributed by atoms with Crippen molar-refractivity contribution in [3.63, 3.8) is 0 Å². The summed E-state index contributed by atoms with van der Waals surface area (Å²) < 4.78 is 20.9. The van der Waals surface area contributed by atoms with Gasteiger partial charge in [0.1, 0.15) is 5.82 Å². The van der Waals surface area contributed by atoms with Crippen LogP contribution in [-0.2, 0) is 9.53 Å². The Morgan fingerprint density at radius 2 is 1.89 bits per heavy atom. The van der Waals surface area contributed by atoms with Gasteiger partial charge in [0.15, 0.2) is 0 Å². The van der Waals surface area contributed by atoms with Crippen LogP contribution in [0.3, 0.4) is 0 Å². The molecule has 1 N–H and O–H groups in total. The first kappa shape index (κ1) is 25.5. The van der Waals surface area contributed by atoms with Crippen molar-refractivity contribution in [1.29, 1.82) is 0 Å². The Morgan fingerprint density at radius 1 is 1.17 bits per heavy atom. The molecule has 0 saturated carbocycles. The van der Waals surface area contributed by atoms with Gasteiger partial charge in [0.05, 0.1) is 24.6 Å². The molecule has 192 valence electrons. The van der Waals surface area contributed by atoms with Gasteiger partial charge >= 0.3 is 0 Å². The third kappa shape index (κ3) is 5.63. The highest BCUT2D eigenvalue weighted by Crippen LogP contribution is 2.35. The number of carbonyl (C=O) groups excluding carboxylic acids is 1. The van der Waals surface area contributed by atoms with E-state index in [4.69, 9.17) is 4.74 Å². The Bertz CT molecular complexity index is 1150. The minimum atomic E-state index is -0.400. The largest absolute Gasteiger partial charge is 0.378 e. The van der Waals surface area contributed by atoms with Gasteiger partial charge in [-0.3, -0.25) is 4.79 Å². The summed E-state index contributed by atoms with van der Waals surface area (Å²) in [7, 11) is 2.07. The Balaban J connectivity index is 0.00000380. The number of anilines is 3. The van der Waals surface area contributed by atoms with Crippen LogP contribution in [0.15, 0.2) is 61.5 Å². The second-order valence-corrected chi connectivity index (χ2v) is 9.01. The first-order valence-corrected chi connectivity index (χ1v) is 12.1. The van der Waals surface area contributed by atoms with Crippen molar-refractivity contribution in [3.8, 4) is 11.1 Å². The molecular formula is C27H35FN6O2. The molecule has 1 atom stereocenters. The zero-order chi connectivity index (χ0) is 25.7. The second kappa shape index (κ2) is 11.5. The average molecular weight is 495 g/mol. The predicted octanol–water partition coefficient (Wildman–Crippen LogP) is 3.74. The van der Waals surface area contributed by atoms with Crippen LogP contribution in [0.25, 0.3) is 11.1 Å². The van der Waals surface area contributed by atoms with Crippen molar-refractivity contribution in [1.82, 2.24) is 14.9 Å². The van der Waals surface area contributed by atoms with Crippen LogP contribution in [0.1, 0.15) is 8.35 Å². The third-order valence-corrected chi connectivity index (χ3v) is 6.66. The summed E-state index contributed by atoms with van der Waals surface area (Å²) in [6.45, 7) is 14.5. The molecule has 4 rings (SSSR count). The van der Waals surface area contributed by atoms with E-state index in [9.17, 15) is 4.79 Å². The van der Waals surface area contributed by atoms with Crippen LogP contribution in [0, 0.1) is 5.82 Å². The van der Waals surface area contributed by atoms with Gasteiger partial charge < -0.3 is 24.8 Å². The third-order valence-electron chi connectivity index (χ3n) is 6.66. The summed E-state index contributed by atoms with van der Waals surface area (Å²) >= 11 is 0. The van der Waals surface area contributed by atoms with Gasteiger partial charge in [-0.2, -0.15) is 0 Å². The molecule has 0 bridgehead atoms. The Hall–Kier alpha value is -3.56. The van der Waals surface area contributed by atoms with Crippen LogP contribution in [-0.4, -0.2) is 79.8 Å². The van der Waals surface area contributed by atoms with Crippen molar-refractivity contribution in [2.24, 2.45) is 0 Å². The molecule has 0 unspecified atom stereocenters. The van der Waals surface area contributed by atoms with Gasteiger partial charge in [-0.1, -0.05) is 31.4 Å². The number of ether oxygens (including phenoxy) is 1. The number of piperazine rings is 1. The maximum Gasteiger partial charge on any atom is 0.255 e. The summed E-state index contributed by atoms with van der Waals surface area (Å²) in [6.07, 6.45) is 7.82. The number of halogens is 1. The van der Waals surface area contributed by atoms with Gasteiger partial charge in [0, 0.05) is 69.3 Å². The zero-order valence-corrected chi connectivity index (χ0v) is 20.9. The van der Waals surface area contributed by atoms with Crippen LogP contribution >= 0.6 is 0 Å². The van der Waals surface area contributed by atoms with E-state index < -0.39 is 5.82 Å². The van der Waals surface area contributed by atoms with E-state index in [1.807, 2.05) is 4.90 Å². The van der Waals surface area contributed by atoms with Crippen molar-refractivity contribution in [2.75, 3.05) is 68.1 Å². The molecule has 2 aromatic rings. The molecule has 8 nitrogen and oxygen atoms in total. The lowest BCUT2D eigenvalue weighted by atomic mass is 10.0. The summed E-state index contributed by atoms with van der Waals surface area (Å²) in [5.41, 5.74) is 2.37. The number of carbonyl (C=O) groups is 1. The van der Waals surface area contributed by atoms with E-state index in [0.29, 0.717) is 66.9 Å². The van der Waals surface area contributed by atoms with Crippen molar-refractivity contribution in [3.05, 3.63) is 67.3 Å². The summed E-state index contributed by atoms with van der Waals surface area (Å²) in [5.74, 6) is -0.156. The lowest BCUT2D eigenvalue weighted by molar-refractivity contribution is -0.112. The number of amides is 1. The number of allylic oxidation sites excluding steroid dienone is 2. The quantitative estimate of drug-likeness (QED) is 0.464. The fourth-order valence-electron chi connectivity index (χ4n) is 4.36. The number of hydrogen-bond donors (Lipinski definition) is 1. The van der Waals surface area contributed by atoms with Gasteiger partial charge in [-0.15, -0.1) is 0 Å². The maximum atomic E-state index is 15.5. The SMILES string of the molecule is C=C/C=C(\C=C)C(=O)Nc1cc(-c2cnc(N3CCOCC3)nc2)c(F)cc1N1CCN(C)[C@@H](C)C1.[HH].